The average molecular weight is 879 g/mol. The van der Waals surface area contributed by atoms with Crippen LogP contribution in [-0.4, -0.2) is 102 Å². The molecule has 2 saturated heterocycles. The molecule has 0 amide bonds. The van der Waals surface area contributed by atoms with Gasteiger partial charge in [-0.3, -0.25) is 0 Å². The molecule has 2 aliphatic rings. The summed E-state index contributed by atoms with van der Waals surface area (Å²) in [6.45, 7) is 16.1. The summed E-state index contributed by atoms with van der Waals surface area (Å²) in [5.74, 6) is 0. The molecule has 6 aromatic rings. The molecule has 8 rings (SSSR count). The Bertz CT molecular complexity index is 2020. The second-order valence-corrected chi connectivity index (χ2v) is 16.6. The van der Waals surface area contributed by atoms with Gasteiger partial charge in [0.15, 0.2) is 0 Å². The first kappa shape index (κ1) is 53.8. The standard InChI is InChI=1S/2C17H14.C9H18O4.C8H16O5.2C2H6/c2*1-2-7-14(8-3-1)13-16-11-6-10-15-9-4-5-12-17(15)16;1-4-5-6(10)7(11)8(12)9(2,3)13-5;1-8(2)7(12)6(11)5(10)4(3-9)13-8;2*1-2/h2*1-12H,13H2;5-8,10-12H,4H2,1-3H3;4-7,9-12H,3H2,1-2H3;2*1-2H3/t;;5-,6-,7+,8-;4-,5-,6+,7-;;/m..11../s1. The lowest BCUT2D eigenvalue weighted by atomic mass is 9.87. The van der Waals surface area contributed by atoms with Crippen LogP contribution in [0.2, 0.25) is 0 Å². The van der Waals surface area contributed by atoms with Gasteiger partial charge < -0.3 is 45.2 Å². The van der Waals surface area contributed by atoms with Crippen LogP contribution >= 0.6 is 0 Å². The van der Waals surface area contributed by atoms with Gasteiger partial charge in [-0.1, -0.05) is 180 Å². The first-order chi connectivity index (χ1) is 30.7. The minimum atomic E-state index is -1.28. The van der Waals surface area contributed by atoms with Crippen LogP contribution in [0.5, 0.6) is 0 Å². The predicted octanol–water partition coefficient (Wildman–Crippen LogP) is 8.81. The third-order valence-corrected chi connectivity index (χ3v) is 11.3. The first-order valence-corrected chi connectivity index (χ1v) is 22.7. The maximum atomic E-state index is 9.55. The third-order valence-electron chi connectivity index (χ3n) is 11.3. The highest BCUT2D eigenvalue weighted by molar-refractivity contribution is 5.86. The van der Waals surface area contributed by atoms with Crippen LogP contribution in [0.1, 0.15) is 91.0 Å². The lowest BCUT2D eigenvalue weighted by Crippen LogP contribution is -2.62. The lowest BCUT2D eigenvalue weighted by molar-refractivity contribution is -0.262. The third kappa shape index (κ3) is 14.8. The first-order valence-electron chi connectivity index (χ1n) is 22.7. The van der Waals surface area contributed by atoms with Crippen molar-refractivity contribution in [1.82, 2.24) is 0 Å². The van der Waals surface area contributed by atoms with Crippen molar-refractivity contribution in [3.63, 3.8) is 0 Å². The van der Waals surface area contributed by atoms with E-state index in [-0.39, 0.29) is 6.61 Å². The summed E-state index contributed by atoms with van der Waals surface area (Å²) < 4.78 is 10.7. The highest BCUT2D eigenvalue weighted by Gasteiger charge is 2.48. The molecule has 0 aromatic heterocycles. The highest BCUT2D eigenvalue weighted by Crippen LogP contribution is 2.31. The van der Waals surface area contributed by atoms with E-state index in [2.05, 4.69) is 146 Å². The van der Waals surface area contributed by atoms with Gasteiger partial charge in [-0.05, 0) is 90.8 Å². The normalized spacial score (nSPS) is 24.0. The van der Waals surface area contributed by atoms with Crippen LogP contribution in [0.3, 0.4) is 0 Å². The smallest absolute Gasteiger partial charge is 0.111 e. The number of hydrogen-bond donors (Lipinski definition) is 7. The fourth-order valence-electron chi connectivity index (χ4n) is 7.69. The molecular formula is C55H74O9. The second-order valence-electron chi connectivity index (χ2n) is 16.6. The number of ether oxygens (including phenoxy) is 2. The average Bonchev–Trinajstić information content (AvgIpc) is 3.33. The molecule has 9 heteroatoms. The Hall–Kier alpha value is -4.52. The van der Waals surface area contributed by atoms with Gasteiger partial charge in [0, 0.05) is 0 Å². The Balaban J connectivity index is 0.000000223. The fraction of sp³-hybridized carbons (Fsp3) is 0.418. The lowest BCUT2D eigenvalue weighted by Gasteiger charge is -2.45. The molecule has 8 atom stereocenters. The van der Waals surface area contributed by atoms with Crippen LogP contribution < -0.4 is 0 Å². The molecule has 2 aliphatic heterocycles. The summed E-state index contributed by atoms with van der Waals surface area (Å²) in [6.07, 6.45) is -5.42. The molecule has 2 heterocycles. The Labute approximate surface area is 381 Å². The zero-order chi connectivity index (χ0) is 47.5. The highest BCUT2D eigenvalue weighted by atomic mass is 16.6. The summed E-state index contributed by atoms with van der Waals surface area (Å²) in [5.41, 5.74) is 3.78. The molecule has 0 unspecified atom stereocenters. The van der Waals surface area contributed by atoms with E-state index in [0.717, 1.165) is 12.8 Å². The van der Waals surface area contributed by atoms with Gasteiger partial charge >= 0.3 is 0 Å². The van der Waals surface area contributed by atoms with Gasteiger partial charge in [-0.15, -0.1) is 0 Å². The van der Waals surface area contributed by atoms with Gasteiger partial charge in [0.05, 0.1) is 23.9 Å². The minimum absolute atomic E-state index is 0.381. The Kier molecular flexibility index (Phi) is 22.2. The summed E-state index contributed by atoms with van der Waals surface area (Å²) in [4.78, 5) is 0. The van der Waals surface area contributed by atoms with Crippen LogP contribution in [0.4, 0.5) is 0 Å². The molecule has 0 bridgehead atoms. The summed E-state index contributed by atoms with van der Waals surface area (Å²) in [5, 5.41) is 71.0. The number of fused-ring (bicyclic) bond motifs is 2. The summed E-state index contributed by atoms with van der Waals surface area (Å²) in [6, 6.07) is 51.4. The molecule has 0 radical (unpaired) electrons. The molecule has 9 nitrogen and oxygen atoms in total. The van der Waals surface area contributed by atoms with Crippen LogP contribution in [0.25, 0.3) is 21.5 Å². The van der Waals surface area contributed by atoms with Crippen molar-refractivity contribution in [2.45, 2.75) is 142 Å². The van der Waals surface area contributed by atoms with Gasteiger partial charge in [0.25, 0.3) is 0 Å². The zero-order valence-corrected chi connectivity index (χ0v) is 39.3. The molecule has 0 spiro atoms. The Morgan fingerprint density at radius 3 is 1.12 bits per heavy atom. The Morgan fingerprint density at radius 1 is 0.422 bits per heavy atom. The van der Waals surface area contributed by atoms with E-state index >= 15 is 0 Å². The molecule has 7 N–H and O–H groups in total. The van der Waals surface area contributed by atoms with E-state index in [1.807, 2.05) is 34.6 Å². The van der Waals surface area contributed by atoms with Crippen molar-refractivity contribution in [2.24, 2.45) is 0 Å². The molecule has 0 saturated carbocycles. The summed E-state index contributed by atoms with van der Waals surface area (Å²) in [7, 11) is 0. The van der Waals surface area contributed by atoms with Crippen LogP contribution in [0, 0.1) is 0 Å². The fourth-order valence-corrected chi connectivity index (χ4v) is 7.69. The number of hydrogen-bond acceptors (Lipinski definition) is 9. The minimum Gasteiger partial charge on any atom is -0.394 e. The topological polar surface area (TPSA) is 160 Å². The van der Waals surface area contributed by atoms with Gasteiger partial charge in [-0.2, -0.15) is 0 Å². The van der Waals surface area contributed by atoms with Gasteiger partial charge in [0.1, 0.15) is 42.7 Å². The second kappa shape index (κ2) is 26.4. The van der Waals surface area contributed by atoms with E-state index in [4.69, 9.17) is 14.6 Å². The molecular weight excluding hydrogens is 805 g/mol. The molecule has 0 aliphatic carbocycles. The van der Waals surface area contributed by atoms with E-state index < -0.39 is 60.0 Å². The number of aliphatic hydroxyl groups is 7. The quantitative estimate of drug-likeness (QED) is 0.0868. The van der Waals surface area contributed by atoms with Crippen molar-refractivity contribution >= 4 is 21.5 Å². The zero-order valence-electron chi connectivity index (χ0n) is 39.3. The number of benzene rings is 6. The van der Waals surface area contributed by atoms with Crippen molar-refractivity contribution in [3.05, 3.63) is 168 Å². The largest absolute Gasteiger partial charge is 0.394 e. The molecule has 348 valence electrons. The summed E-state index contributed by atoms with van der Waals surface area (Å²) >= 11 is 0. The van der Waals surface area contributed by atoms with E-state index in [1.165, 1.54) is 43.8 Å². The Morgan fingerprint density at radius 2 is 0.750 bits per heavy atom. The predicted molar refractivity (Wildman–Crippen MR) is 260 cm³/mol. The van der Waals surface area contributed by atoms with Gasteiger partial charge in [-0.25, -0.2) is 0 Å². The van der Waals surface area contributed by atoms with Crippen LogP contribution in [-0.2, 0) is 22.3 Å². The van der Waals surface area contributed by atoms with Crippen molar-refractivity contribution in [3.8, 4) is 0 Å². The number of rotatable bonds is 6. The molecule has 6 aromatic carbocycles. The SMILES string of the molecule is CC.CC.CC1(C)O[C@H](CO)[C@@H](O)[C@H](O)[C@H]1O.CC[C@H]1OC(C)(C)[C@H](O)[C@@H](O)[C@@H]1O.c1ccc(Cc2cccc3ccccc23)cc1.c1ccc(Cc2cccc3ccccc23)cc1. The maximum Gasteiger partial charge on any atom is 0.111 e. The van der Waals surface area contributed by atoms with Crippen molar-refractivity contribution in [1.29, 1.82) is 0 Å². The molecule has 2 fully saturated rings. The van der Waals surface area contributed by atoms with E-state index in [0.29, 0.717) is 6.42 Å². The number of aliphatic hydroxyl groups excluding tert-OH is 7. The van der Waals surface area contributed by atoms with E-state index in [9.17, 15) is 30.6 Å². The van der Waals surface area contributed by atoms with Crippen molar-refractivity contribution in [2.75, 3.05) is 6.61 Å². The van der Waals surface area contributed by atoms with Gasteiger partial charge in [0.2, 0.25) is 0 Å². The monoisotopic (exact) mass is 879 g/mol. The molecule has 64 heavy (non-hydrogen) atoms. The maximum absolute atomic E-state index is 9.55. The van der Waals surface area contributed by atoms with E-state index in [1.54, 1.807) is 27.7 Å². The van der Waals surface area contributed by atoms with Crippen LogP contribution in [0.15, 0.2) is 146 Å². The van der Waals surface area contributed by atoms with Crippen molar-refractivity contribution < 1.29 is 45.2 Å².